The molecular formula is C5H11Cl3Si. The van der Waals surface area contributed by atoms with E-state index < -0.39 is 6.69 Å². The molecule has 0 fully saturated rings. The Balaban J connectivity index is 3.58. The molecule has 0 amide bonds. The van der Waals surface area contributed by atoms with E-state index in [0.717, 1.165) is 6.04 Å². The average molecular weight is 206 g/mol. The smallest absolute Gasteiger partial charge is 0.145 e. The molecule has 0 bridgehead atoms. The lowest BCUT2D eigenvalue weighted by molar-refractivity contribution is 0.728. The largest absolute Gasteiger partial charge is 0.265 e. The zero-order chi connectivity index (χ0) is 7.49. The first kappa shape index (κ1) is 10.1. The number of rotatable bonds is 3. The molecule has 0 saturated carbocycles. The molecule has 0 aromatic rings. The minimum absolute atomic E-state index is 0.439. The zero-order valence-electron chi connectivity index (χ0n) is 5.63. The highest BCUT2D eigenvalue weighted by Crippen LogP contribution is 2.25. The first-order valence-corrected chi connectivity index (χ1v) is 7.89. The first-order valence-electron chi connectivity index (χ1n) is 2.92. The SMILES string of the molecule is CC(C)C[Si](Cl)(Cl)CCl. The van der Waals surface area contributed by atoms with Crippen LogP contribution in [0.4, 0.5) is 0 Å². The molecule has 0 heterocycles. The number of hydrogen-bond acceptors (Lipinski definition) is 0. The van der Waals surface area contributed by atoms with Gasteiger partial charge in [0.1, 0.15) is 0 Å². The van der Waals surface area contributed by atoms with E-state index in [0.29, 0.717) is 11.4 Å². The summed E-state index contributed by atoms with van der Waals surface area (Å²) in [6, 6.07) is 0.889. The predicted octanol–water partition coefficient (Wildman–Crippen LogP) is 3.34. The van der Waals surface area contributed by atoms with Gasteiger partial charge in [-0.3, -0.25) is 0 Å². The Morgan fingerprint density at radius 3 is 1.89 bits per heavy atom. The highest BCUT2D eigenvalue weighted by molar-refractivity contribution is 7.46. The maximum atomic E-state index is 5.89. The lowest BCUT2D eigenvalue weighted by Gasteiger charge is -2.14. The third-order valence-corrected chi connectivity index (χ3v) is 6.62. The van der Waals surface area contributed by atoms with Crippen LogP contribution >= 0.6 is 33.8 Å². The standard InChI is InChI=1S/C5H11Cl3Si/c1-5(2)3-9(7,8)4-6/h5H,3-4H2,1-2H3. The fourth-order valence-corrected chi connectivity index (χ4v) is 4.13. The van der Waals surface area contributed by atoms with Crippen molar-refractivity contribution in [3.63, 3.8) is 0 Å². The van der Waals surface area contributed by atoms with Gasteiger partial charge in [-0.05, 0) is 12.0 Å². The summed E-state index contributed by atoms with van der Waals surface area (Å²) in [6.45, 7) is 2.16. The third-order valence-electron chi connectivity index (χ3n) is 0.902. The summed E-state index contributed by atoms with van der Waals surface area (Å²) in [4.78, 5) is 0. The second-order valence-electron chi connectivity index (χ2n) is 2.59. The van der Waals surface area contributed by atoms with Crippen molar-refractivity contribution >= 4 is 40.5 Å². The van der Waals surface area contributed by atoms with Gasteiger partial charge in [0.25, 0.3) is 6.69 Å². The van der Waals surface area contributed by atoms with Crippen LogP contribution in [-0.2, 0) is 0 Å². The summed E-state index contributed by atoms with van der Waals surface area (Å²) in [6.07, 6.45) is 0. The molecule has 0 spiro atoms. The maximum absolute atomic E-state index is 5.89. The summed E-state index contributed by atoms with van der Waals surface area (Å²) in [5, 5.41) is 0. The van der Waals surface area contributed by atoms with Gasteiger partial charge in [-0.25, -0.2) is 0 Å². The van der Waals surface area contributed by atoms with Crippen molar-refractivity contribution in [1.82, 2.24) is 0 Å². The molecule has 56 valence electrons. The summed E-state index contributed by atoms with van der Waals surface area (Å²) < 4.78 is 0. The van der Waals surface area contributed by atoms with Crippen LogP contribution in [0.3, 0.4) is 0 Å². The van der Waals surface area contributed by atoms with Crippen LogP contribution in [-0.4, -0.2) is 12.2 Å². The van der Waals surface area contributed by atoms with Crippen molar-refractivity contribution in [2.45, 2.75) is 19.9 Å². The van der Waals surface area contributed by atoms with Crippen molar-refractivity contribution < 1.29 is 0 Å². The quantitative estimate of drug-likeness (QED) is 0.377. The van der Waals surface area contributed by atoms with Crippen LogP contribution in [0.5, 0.6) is 0 Å². The third kappa shape index (κ3) is 5.53. The van der Waals surface area contributed by atoms with Crippen molar-refractivity contribution in [1.29, 1.82) is 0 Å². The first-order chi connectivity index (χ1) is 3.98. The summed E-state index contributed by atoms with van der Waals surface area (Å²) >= 11 is 17.3. The molecule has 0 N–H and O–H groups in total. The van der Waals surface area contributed by atoms with E-state index in [2.05, 4.69) is 13.8 Å². The van der Waals surface area contributed by atoms with Crippen LogP contribution < -0.4 is 0 Å². The van der Waals surface area contributed by atoms with E-state index in [-0.39, 0.29) is 0 Å². The normalized spacial score (nSPS) is 12.7. The van der Waals surface area contributed by atoms with Gasteiger partial charge in [0.05, 0.1) is 0 Å². The Morgan fingerprint density at radius 1 is 1.33 bits per heavy atom. The Kier molecular flexibility index (Phi) is 4.56. The Morgan fingerprint density at radius 2 is 1.78 bits per heavy atom. The number of alkyl halides is 1. The molecule has 0 rings (SSSR count). The van der Waals surface area contributed by atoms with Gasteiger partial charge in [-0.2, -0.15) is 0 Å². The highest BCUT2D eigenvalue weighted by Gasteiger charge is 2.27. The van der Waals surface area contributed by atoms with E-state index in [1.165, 1.54) is 0 Å². The van der Waals surface area contributed by atoms with E-state index in [1.807, 2.05) is 0 Å². The highest BCUT2D eigenvalue weighted by atomic mass is 35.7. The van der Waals surface area contributed by atoms with Gasteiger partial charge < -0.3 is 0 Å². The predicted molar refractivity (Wildman–Crippen MR) is 47.8 cm³/mol. The lowest BCUT2D eigenvalue weighted by atomic mass is 10.3. The minimum Gasteiger partial charge on any atom is -0.145 e. The zero-order valence-corrected chi connectivity index (χ0v) is 8.89. The Bertz CT molecular complexity index is 82.3. The van der Waals surface area contributed by atoms with Crippen LogP contribution in [0.1, 0.15) is 13.8 Å². The van der Waals surface area contributed by atoms with Crippen LogP contribution in [0.15, 0.2) is 0 Å². The average Bonchev–Trinajstić information content (AvgIpc) is 1.63. The molecule has 0 unspecified atom stereocenters. The molecule has 0 aromatic heterocycles. The van der Waals surface area contributed by atoms with E-state index in [9.17, 15) is 0 Å². The monoisotopic (exact) mass is 204 g/mol. The fraction of sp³-hybridized carbons (Fsp3) is 1.00. The number of hydrogen-bond donors (Lipinski definition) is 0. The second kappa shape index (κ2) is 4.07. The molecular weight excluding hydrogens is 194 g/mol. The van der Waals surface area contributed by atoms with E-state index in [4.69, 9.17) is 33.8 Å². The van der Waals surface area contributed by atoms with Gasteiger partial charge in [0.2, 0.25) is 0 Å². The molecule has 9 heavy (non-hydrogen) atoms. The van der Waals surface area contributed by atoms with Crippen molar-refractivity contribution in [3.8, 4) is 0 Å². The van der Waals surface area contributed by atoms with Crippen LogP contribution in [0.2, 0.25) is 6.04 Å². The van der Waals surface area contributed by atoms with Crippen molar-refractivity contribution in [3.05, 3.63) is 0 Å². The molecule has 0 aliphatic rings. The van der Waals surface area contributed by atoms with E-state index >= 15 is 0 Å². The van der Waals surface area contributed by atoms with Crippen molar-refractivity contribution in [2.24, 2.45) is 5.92 Å². The van der Waals surface area contributed by atoms with Gasteiger partial charge in [-0.15, -0.1) is 33.8 Å². The Hall–Kier alpha value is 1.09. The summed E-state index contributed by atoms with van der Waals surface area (Å²) in [5.41, 5.74) is 0.439. The second-order valence-corrected chi connectivity index (χ2v) is 10.7. The number of halogens is 3. The van der Waals surface area contributed by atoms with Gasteiger partial charge in [0.15, 0.2) is 0 Å². The summed E-state index contributed by atoms with van der Waals surface area (Å²) in [5.74, 6) is 0.561. The summed E-state index contributed by atoms with van der Waals surface area (Å²) in [7, 11) is 0. The van der Waals surface area contributed by atoms with Gasteiger partial charge >= 0.3 is 0 Å². The molecule has 4 heteroatoms. The molecule has 0 aromatic carbocycles. The molecule has 0 atom stereocenters. The van der Waals surface area contributed by atoms with Crippen LogP contribution in [0, 0.1) is 5.92 Å². The molecule has 0 nitrogen and oxygen atoms in total. The van der Waals surface area contributed by atoms with Gasteiger partial charge in [-0.1, -0.05) is 13.8 Å². The molecule has 0 aliphatic heterocycles. The molecule has 0 radical (unpaired) electrons. The van der Waals surface area contributed by atoms with Crippen LogP contribution in [0.25, 0.3) is 0 Å². The Labute approximate surface area is 71.9 Å². The fourth-order valence-electron chi connectivity index (χ4n) is 0.652. The molecule has 0 saturated heterocycles. The van der Waals surface area contributed by atoms with E-state index in [1.54, 1.807) is 0 Å². The topological polar surface area (TPSA) is 0 Å². The van der Waals surface area contributed by atoms with Crippen molar-refractivity contribution in [2.75, 3.05) is 5.50 Å². The molecule has 0 aliphatic carbocycles. The lowest BCUT2D eigenvalue weighted by Crippen LogP contribution is -2.23. The van der Waals surface area contributed by atoms with Gasteiger partial charge in [0, 0.05) is 5.50 Å². The maximum Gasteiger partial charge on any atom is 0.265 e. The minimum atomic E-state index is -2.03.